The summed E-state index contributed by atoms with van der Waals surface area (Å²) in [5, 5.41) is 16.1. The van der Waals surface area contributed by atoms with Crippen LogP contribution < -0.4 is 10.9 Å². The van der Waals surface area contributed by atoms with Crippen LogP contribution in [0.3, 0.4) is 0 Å². The van der Waals surface area contributed by atoms with E-state index in [1.807, 2.05) is 6.26 Å². The van der Waals surface area contributed by atoms with E-state index in [0.717, 1.165) is 5.75 Å². The molecular weight excluding hydrogens is 262 g/mol. The molecule has 0 aliphatic rings. The Morgan fingerprint density at radius 1 is 1.71 bits per heavy atom. The molecular formula is C10H16ClN3O2S. The first-order valence-electron chi connectivity index (χ1n) is 5.18. The molecule has 0 unspecified atom stereocenters. The minimum atomic E-state index is -0.330. The van der Waals surface area contributed by atoms with Gasteiger partial charge in [0.1, 0.15) is 5.02 Å². The van der Waals surface area contributed by atoms with E-state index in [9.17, 15) is 4.79 Å². The second-order valence-electron chi connectivity index (χ2n) is 3.61. The molecule has 0 saturated carbocycles. The molecule has 0 fully saturated rings. The molecule has 0 aromatic carbocycles. The molecule has 7 heteroatoms. The van der Waals surface area contributed by atoms with Crippen LogP contribution >= 0.6 is 23.4 Å². The quantitative estimate of drug-likeness (QED) is 0.811. The average molecular weight is 278 g/mol. The summed E-state index contributed by atoms with van der Waals surface area (Å²) in [6.45, 7) is 0.0914. The molecule has 1 aromatic rings. The van der Waals surface area contributed by atoms with E-state index >= 15 is 0 Å². The highest BCUT2D eigenvalue weighted by atomic mass is 35.5. The Hall–Kier alpha value is -0.720. The fourth-order valence-corrected chi connectivity index (χ4v) is 2.26. The van der Waals surface area contributed by atoms with Crippen molar-refractivity contribution in [1.82, 2.24) is 9.78 Å². The van der Waals surface area contributed by atoms with Crippen LogP contribution in [0.1, 0.15) is 6.42 Å². The summed E-state index contributed by atoms with van der Waals surface area (Å²) in [4.78, 5) is 11.6. The molecule has 17 heavy (non-hydrogen) atoms. The molecule has 0 aliphatic heterocycles. The first-order chi connectivity index (χ1) is 8.10. The van der Waals surface area contributed by atoms with Crippen molar-refractivity contribution in [3.8, 4) is 0 Å². The molecule has 1 aromatic heterocycles. The lowest BCUT2D eigenvalue weighted by atomic mass is 10.2. The van der Waals surface area contributed by atoms with Crippen LogP contribution in [-0.2, 0) is 7.05 Å². The minimum absolute atomic E-state index is 0.0707. The van der Waals surface area contributed by atoms with Gasteiger partial charge >= 0.3 is 0 Å². The van der Waals surface area contributed by atoms with Gasteiger partial charge in [-0.3, -0.25) is 4.79 Å². The van der Waals surface area contributed by atoms with Crippen LogP contribution in [0, 0.1) is 0 Å². The average Bonchev–Trinajstić information content (AvgIpc) is 2.30. The first kappa shape index (κ1) is 14.3. The Bertz CT molecular complexity index is 419. The molecule has 0 spiro atoms. The normalized spacial score (nSPS) is 12.5. The summed E-state index contributed by atoms with van der Waals surface area (Å²) in [5.41, 5.74) is 0.186. The minimum Gasteiger partial charge on any atom is -0.396 e. The number of thioether (sulfide) groups is 1. The van der Waals surface area contributed by atoms with Crippen molar-refractivity contribution in [2.24, 2.45) is 7.05 Å². The zero-order valence-electron chi connectivity index (χ0n) is 9.81. The van der Waals surface area contributed by atoms with Crippen molar-refractivity contribution in [2.45, 2.75) is 12.5 Å². The lowest BCUT2D eigenvalue weighted by Gasteiger charge is -2.18. The number of aliphatic hydroxyl groups excluding tert-OH is 1. The van der Waals surface area contributed by atoms with Crippen LogP contribution in [0.5, 0.6) is 0 Å². The Kier molecular flexibility index (Phi) is 5.80. The van der Waals surface area contributed by atoms with Gasteiger partial charge in [0.2, 0.25) is 0 Å². The summed E-state index contributed by atoms with van der Waals surface area (Å²) in [6, 6.07) is 0.0707. The van der Waals surface area contributed by atoms with E-state index in [1.165, 1.54) is 10.9 Å². The van der Waals surface area contributed by atoms with Crippen molar-refractivity contribution in [1.29, 1.82) is 0 Å². The molecule has 96 valence electrons. The topological polar surface area (TPSA) is 67.2 Å². The number of aromatic nitrogens is 2. The van der Waals surface area contributed by atoms with Crippen LogP contribution in [0.4, 0.5) is 5.69 Å². The number of nitrogens with one attached hydrogen (secondary N) is 1. The predicted molar refractivity (Wildman–Crippen MR) is 72.0 cm³/mol. The molecule has 0 saturated heterocycles. The smallest absolute Gasteiger partial charge is 0.287 e. The van der Waals surface area contributed by atoms with Crippen molar-refractivity contribution in [2.75, 3.05) is 23.9 Å². The number of aliphatic hydroxyl groups is 1. The Morgan fingerprint density at radius 2 is 2.41 bits per heavy atom. The maximum absolute atomic E-state index is 11.6. The van der Waals surface area contributed by atoms with Gasteiger partial charge in [-0.1, -0.05) is 11.6 Å². The summed E-state index contributed by atoms with van der Waals surface area (Å²) in [6.07, 6.45) is 4.11. The lowest BCUT2D eigenvalue weighted by Crippen LogP contribution is -2.27. The highest BCUT2D eigenvalue weighted by Gasteiger charge is 2.12. The number of hydrogen-bond donors (Lipinski definition) is 2. The third kappa shape index (κ3) is 3.90. The standard InChI is InChI=1S/C10H16ClN3O2S/c1-14-10(16)9(11)8(5-12-14)13-7(3-4-15)6-17-2/h5,7,13,15H,3-4,6H2,1-2H3/t7-/m1/s1. The van der Waals surface area contributed by atoms with Crippen LogP contribution in [0.15, 0.2) is 11.0 Å². The summed E-state index contributed by atoms with van der Waals surface area (Å²) in [7, 11) is 1.55. The van der Waals surface area contributed by atoms with Gasteiger partial charge in [0.25, 0.3) is 5.56 Å². The number of hydrogen-bond acceptors (Lipinski definition) is 5. The maximum Gasteiger partial charge on any atom is 0.287 e. The fourth-order valence-electron chi connectivity index (χ4n) is 1.39. The number of rotatable bonds is 6. The molecule has 0 radical (unpaired) electrons. The number of nitrogens with zero attached hydrogens (tertiary/aromatic N) is 2. The van der Waals surface area contributed by atoms with Gasteiger partial charge in [0.15, 0.2) is 0 Å². The molecule has 5 nitrogen and oxygen atoms in total. The lowest BCUT2D eigenvalue weighted by molar-refractivity contribution is 0.282. The second kappa shape index (κ2) is 6.88. The molecule has 0 amide bonds. The largest absolute Gasteiger partial charge is 0.396 e. The van der Waals surface area contributed by atoms with Crippen LogP contribution in [0.2, 0.25) is 5.02 Å². The van der Waals surface area contributed by atoms with Gasteiger partial charge in [-0.25, -0.2) is 4.68 Å². The number of aryl methyl sites for hydroxylation is 1. The highest BCUT2D eigenvalue weighted by Crippen LogP contribution is 2.18. The number of anilines is 1. The van der Waals surface area contributed by atoms with E-state index in [1.54, 1.807) is 18.8 Å². The number of halogens is 1. The molecule has 1 atom stereocenters. The van der Waals surface area contributed by atoms with E-state index < -0.39 is 0 Å². The summed E-state index contributed by atoms with van der Waals surface area (Å²) >= 11 is 7.60. The van der Waals surface area contributed by atoms with Crippen molar-refractivity contribution < 1.29 is 5.11 Å². The Morgan fingerprint density at radius 3 is 3.00 bits per heavy atom. The van der Waals surface area contributed by atoms with Crippen molar-refractivity contribution in [3.63, 3.8) is 0 Å². The van der Waals surface area contributed by atoms with Crippen molar-refractivity contribution in [3.05, 3.63) is 21.6 Å². The molecule has 1 rings (SSSR count). The zero-order valence-corrected chi connectivity index (χ0v) is 11.4. The Labute approximate surface area is 109 Å². The maximum atomic E-state index is 11.6. The summed E-state index contributed by atoms with van der Waals surface area (Å²) in [5.74, 6) is 0.825. The van der Waals surface area contributed by atoms with E-state index in [0.29, 0.717) is 12.1 Å². The van der Waals surface area contributed by atoms with Crippen LogP contribution in [0.25, 0.3) is 0 Å². The SMILES string of the molecule is CSC[C@@H](CCO)Nc1cnn(C)c(=O)c1Cl. The third-order valence-corrected chi connectivity index (χ3v) is 3.38. The van der Waals surface area contributed by atoms with Gasteiger partial charge in [0, 0.05) is 25.4 Å². The van der Waals surface area contributed by atoms with Gasteiger partial charge in [0.05, 0.1) is 11.9 Å². The van der Waals surface area contributed by atoms with E-state index in [-0.39, 0.29) is 23.2 Å². The first-order valence-corrected chi connectivity index (χ1v) is 6.95. The monoisotopic (exact) mass is 277 g/mol. The molecule has 1 heterocycles. The van der Waals surface area contributed by atoms with Crippen molar-refractivity contribution >= 4 is 29.1 Å². The fraction of sp³-hybridized carbons (Fsp3) is 0.600. The predicted octanol–water partition coefficient (Wildman–Crippen LogP) is 0.960. The molecule has 0 bridgehead atoms. The van der Waals surface area contributed by atoms with Crippen LogP contribution in [-0.4, -0.2) is 39.5 Å². The van der Waals surface area contributed by atoms with E-state index in [2.05, 4.69) is 10.4 Å². The third-order valence-electron chi connectivity index (χ3n) is 2.28. The second-order valence-corrected chi connectivity index (χ2v) is 4.90. The van der Waals surface area contributed by atoms with Gasteiger partial charge in [-0.15, -0.1) is 0 Å². The molecule has 2 N–H and O–H groups in total. The van der Waals surface area contributed by atoms with Gasteiger partial charge in [-0.2, -0.15) is 16.9 Å². The van der Waals surface area contributed by atoms with Gasteiger partial charge in [-0.05, 0) is 12.7 Å². The Balaban J connectivity index is 2.86. The zero-order chi connectivity index (χ0) is 12.8. The highest BCUT2D eigenvalue weighted by molar-refractivity contribution is 7.98. The summed E-state index contributed by atoms with van der Waals surface area (Å²) < 4.78 is 1.18. The van der Waals surface area contributed by atoms with E-state index in [4.69, 9.17) is 16.7 Å². The molecule has 0 aliphatic carbocycles. The van der Waals surface area contributed by atoms with Gasteiger partial charge < -0.3 is 10.4 Å².